The van der Waals surface area contributed by atoms with E-state index in [1.54, 1.807) is 4.90 Å². The summed E-state index contributed by atoms with van der Waals surface area (Å²) in [7, 11) is 0. The van der Waals surface area contributed by atoms with Gasteiger partial charge in [0.05, 0.1) is 0 Å². The van der Waals surface area contributed by atoms with E-state index in [9.17, 15) is 9.59 Å². The van der Waals surface area contributed by atoms with Crippen molar-refractivity contribution in [3.63, 3.8) is 0 Å². The third-order valence-electron chi connectivity index (χ3n) is 2.85. The van der Waals surface area contributed by atoms with Crippen LogP contribution in [0.3, 0.4) is 0 Å². The average Bonchev–Trinajstić information content (AvgIpc) is 2.35. The van der Waals surface area contributed by atoms with Gasteiger partial charge >= 0.3 is 5.97 Å². The molecule has 0 spiro atoms. The van der Waals surface area contributed by atoms with E-state index < -0.39 is 5.97 Å². The molecule has 1 rings (SSSR count). The van der Waals surface area contributed by atoms with Gasteiger partial charge in [-0.1, -0.05) is 18.2 Å². The van der Waals surface area contributed by atoms with Crippen LogP contribution in [0.15, 0.2) is 30.3 Å². The standard InChI is InChI=1S/C15H21NO3/c1-12(2)16(13-8-4-3-5-9-13)14(17)10-6-7-11-15(18)19/h3-5,8-9,12H,6-7,10-11H2,1-2H3,(H,18,19). The Labute approximate surface area is 114 Å². The maximum absolute atomic E-state index is 12.2. The number of hydrogen-bond acceptors (Lipinski definition) is 2. The van der Waals surface area contributed by atoms with Crippen LogP contribution in [0.2, 0.25) is 0 Å². The summed E-state index contributed by atoms with van der Waals surface area (Å²) in [5.74, 6) is -0.761. The van der Waals surface area contributed by atoms with Crippen molar-refractivity contribution in [2.45, 2.75) is 45.6 Å². The van der Waals surface area contributed by atoms with E-state index in [1.165, 1.54) is 0 Å². The number of nitrogens with zero attached hydrogens (tertiary/aromatic N) is 1. The molecule has 0 saturated heterocycles. The van der Waals surface area contributed by atoms with Gasteiger partial charge in [0.25, 0.3) is 0 Å². The average molecular weight is 263 g/mol. The maximum Gasteiger partial charge on any atom is 0.303 e. The third kappa shape index (κ3) is 5.12. The maximum atomic E-state index is 12.2. The van der Waals surface area contributed by atoms with Gasteiger partial charge in [-0.05, 0) is 38.8 Å². The largest absolute Gasteiger partial charge is 0.481 e. The van der Waals surface area contributed by atoms with E-state index in [4.69, 9.17) is 5.11 Å². The Balaban J connectivity index is 2.57. The summed E-state index contributed by atoms with van der Waals surface area (Å²) in [6.45, 7) is 3.95. The normalized spacial score (nSPS) is 10.5. The van der Waals surface area contributed by atoms with Crippen molar-refractivity contribution in [2.75, 3.05) is 4.90 Å². The topological polar surface area (TPSA) is 57.6 Å². The molecule has 0 aliphatic rings. The molecule has 0 aliphatic carbocycles. The van der Waals surface area contributed by atoms with Gasteiger partial charge in [-0.3, -0.25) is 9.59 Å². The summed E-state index contributed by atoms with van der Waals surface area (Å²) in [5, 5.41) is 8.56. The molecule has 0 bridgehead atoms. The molecule has 1 N–H and O–H groups in total. The molecule has 0 fully saturated rings. The van der Waals surface area contributed by atoms with Crippen LogP contribution in [0, 0.1) is 0 Å². The Hall–Kier alpha value is -1.84. The van der Waals surface area contributed by atoms with Gasteiger partial charge in [0.15, 0.2) is 0 Å². The zero-order valence-corrected chi connectivity index (χ0v) is 11.5. The molecule has 19 heavy (non-hydrogen) atoms. The summed E-state index contributed by atoms with van der Waals surface area (Å²) in [6, 6.07) is 9.64. The number of anilines is 1. The van der Waals surface area contributed by atoms with Crippen molar-refractivity contribution >= 4 is 17.6 Å². The zero-order valence-electron chi connectivity index (χ0n) is 11.5. The zero-order chi connectivity index (χ0) is 14.3. The van der Waals surface area contributed by atoms with Gasteiger partial charge in [0.2, 0.25) is 5.91 Å². The van der Waals surface area contributed by atoms with Crippen molar-refractivity contribution in [1.82, 2.24) is 0 Å². The molecule has 104 valence electrons. The summed E-state index contributed by atoms with van der Waals surface area (Å²) < 4.78 is 0. The Bertz CT molecular complexity index is 415. The van der Waals surface area contributed by atoms with E-state index in [2.05, 4.69) is 0 Å². The van der Waals surface area contributed by atoms with E-state index in [-0.39, 0.29) is 18.4 Å². The summed E-state index contributed by atoms with van der Waals surface area (Å²) in [6.07, 6.45) is 1.67. The minimum Gasteiger partial charge on any atom is -0.481 e. The van der Waals surface area contributed by atoms with E-state index in [0.29, 0.717) is 19.3 Å². The first-order chi connectivity index (χ1) is 9.02. The Kier molecular flexibility index (Phi) is 6.06. The second kappa shape index (κ2) is 7.56. The Morgan fingerprint density at radius 1 is 1.11 bits per heavy atom. The smallest absolute Gasteiger partial charge is 0.303 e. The van der Waals surface area contributed by atoms with Crippen molar-refractivity contribution in [3.05, 3.63) is 30.3 Å². The van der Waals surface area contributed by atoms with Crippen LogP contribution < -0.4 is 4.90 Å². The highest BCUT2D eigenvalue weighted by atomic mass is 16.4. The molecule has 1 aromatic rings. The molecule has 0 atom stereocenters. The lowest BCUT2D eigenvalue weighted by Gasteiger charge is -2.27. The van der Waals surface area contributed by atoms with Crippen molar-refractivity contribution in [3.8, 4) is 0 Å². The minimum atomic E-state index is -0.809. The van der Waals surface area contributed by atoms with Crippen LogP contribution in [0.4, 0.5) is 5.69 Å². The highest BCUT2D eigenvalue weighted by molar-refractivity contribution is 5.93. The van der Waals surface area contributed by atoms with Crippen molar-refractivity contribution in [1.29, 1.82) is 0 Å². The molecule has 0 unspecified atom stereocenters. The number of carboxylic acids is 1. The van der Waals surface area contributed by atoms with Crippen LogP contribution >= 0.6 is 0 Å². The number of hydrogen-bond donors (Lipinski definition) is 1. The van der Waals surface area contributed by atoms with Gasteiger partial charge in [0, 0.05) is 24.6 Å². The van der Waals surface area contributed by atoms with Gasteiger partial charge in [-0.2, -0.15) is 0 Å². The highest BCUT2D eigenvalue weighted by Gasteiger charge is 2.18. The molecular formula is C15H21NO3. The summed E-state index contributed by atoms with van der Waals surface area (Å²) in [5.41, 5.74) is 0.890. The molecule has 0 saturated carbocycles. The second-order valence-corrected chi connectivity index (χ2v) is 4.79. The first kappa shape index (κ1) is 15.2. The number of amides is 1. The van der Waals surface area contributed by atoms with Crippen LogP contribution in [0.1, 0.15) is 39.5 Å². The van der Waals surface area contributed by atoms with Gasteiger partial charge in [-0.25, -0.2) is 0 Å². The molecule has 0 radical (unpaired) electrons. The van der Waals surface area contributed by atoms with Crippen LogP contribution in [-0.2, 0) is 9.59 Å². The first-order valence-electron chi connectivity index (χ1n) is 6.61. The first-order valence-corrected chi connectivity index (χ1v) is 6.61. The summed E-state index contributed by atoms with van der Waals surface area (Å²) in [4.78, 5) is 24.4. The predicted molar refractivity (Wildman–Crippen MR) is 75.2 cm³/mol. The number of unbranched alkanes of at least 4 members (excludes halogenated alkanes) is 1. The number of benzene rings is 1. The van der Waals surface area contributed by atoms with Crippen LogP contribution in [0.5, 0.6) is 0 Å². The fourth-order valence-electron chi connectivity index (χ4n) is 1.99. The SMILES string of the molecule is CC(C)N(C(=O)CCCCC(=O)O)c1ccccc1. The lowest BCUT2D eigenvalue weighted by Crippen LogP contribution is -2.36. The Morgan fingerprint density at radius 3 is 2.21 bits per heavy atom. The highest BCUT2D eigenvalue weighted by Crippen LogP contribution is 2.18. The molecular weight excluding hydrogens is 242 g/mol. The predicted octanol–water partition coefficient (Wildman–Crippen LogP) is 3.07. The lowest BCUT2D eigenvalue weighted by atomic mass is 10.1. The molecule has 0 aliphatic heterocycles. The fourth-order valence-corrected chi connectivity index (χ4v) is 1.99. The molecule has 1 amide bonds. The van der Waals surface area contributed by atoms with Gasteiger partial charge in [-0.15, -0.1) is 0 Å². The van der Waals surface area contributed by atoms with Crippen molar-refractivity contribution < 1.29 is 14.7 Å². The molecule has 0 heterocycles. The van der Waals surface area contributed by atoms with Gasteiger partial charge < -0.3 is 10.0 Å². The molecule has 0 aromatic heterocycles. The molecule has 1 aromatic carbocycles. The van der Waals surface area contributed by atoms with Crippen molar-refractivity contribution in [2.24, 2.45) is 0 Å². The number of carbonyl (C=O) groups excluding carboxylic acids is 1. The number of carboxylic acid groups (broad SMARTS) is 1. The number of para-hydroxylation sites is 1. The monoisotopic (exact) mass is 263 g/mol. The number of carbonyl (C=O) groups is 2. The lowest BCUT2D eigenvalue weighted by molar-refractivity contribution is -0.137. The number of rotatable bonds is 7. The van der Waals surface area contributed by atoms with E-state index in [0.717, 1.165) is 5.69 Å². The molecule has 4 nitrogen and oxygen atoms in total. The fraction of sp³-hybridized carbons (Fsp3) is 0.467. The van der Waals surface area contributed by atoms with Crippen LogP contribution in [0.25, 0.3) is 0 Å². The van der Waals surface area contributed by atoms with E-state index in [1.807, 2.05) is 44.2 Å². The van der Waals surface area contributed by atoms with E-state index >= 15 is 0 Å². The van der Waals surface area contributed by atoms with Gasteiger partial charge in [0.1, 0.15) is 0 Å². The second-order valence-electron chi connectivity index (χ2n) is 4.79. The Morgan fingerprint density at radius 2 is 1.68 bits per heavy atom. The summed E-state index contributed by atoms with van der Waals surface area (Å²) >= 11 is 0. The molecule has 4 heteroatoms. The van der Waals surface area contributed by atoms with Crippen LogP contribution in [-0.4, -0.2) is 23.0 Å². The third-order valence-corrected chi connectivity index (χ3v) is 2.85. The minimum absolute atomic E-state index is 0.0478. The quantitative estimate of drug-likeness (QED) is 0.769. The number of aliphatic carboxylic acids is 1.